The van der Waals surface area contributed by atoms with Crippen molar-refractivity contribution in [2.45, 2.75) is 0 Å². The van der Waals surface area contributed by atoms with Crippen LogP contribution in [0.3, 0.4) is 0 Å². The molecule has 0 rings (SSSR count). The van der Waals surface area contributed by atoms with Gasteiger partial charge in [0.1, 0.15) is 0 Å². The van der Waals surface area contributed by atoms with Gasteiger partial charge >= 0.3 is 13.8 Å². The molecule has 0 fully saturated rings. The third kappa shape index (κ3) is 1.83. The summed E-state index contributed by atoms with van der Waals surface area (Å²) in [5, 5.41) is 7.68. The van der Waals surface area contributed by atoms with Crippen LogP contribution in [-0.2, 0) is 9.09 Å². The molecule has 0 aliphatic carbocycles. The fourth-order valence-corrected chi connectivity index (χ4v) is 0.122. The van der Waals surface area contributed by atoms with Crippen LogP contribution in [0.2, 0.25) is 0 Å². The Morgan fingerprint density at radius 2 is 2.50 bits per heavy atom. The predicted molar refractivity (Wildman–Crippen MR) is 20.2 cm³/mol. The minimum absolute atomic E-state index is 1.22. The molecule has 32 valence electrons. The molecule has 4 heteroatoms. The molecule has 0 radical (unpaired) electrons. The molecule has 1 unspecified atom stereocenters. The highest BCUT2D eigenvalue weighted by molar-refractivity contribution is 7.44. The predicted octanol–water partition coefficient (Wildman–Crippen LogP) is 0.856. The molecule has 0 saturated carbocycles. The molecule has 0 aromatic carbocycles. The van der Waals surface area contributed by atoms with Gasteiger partial charge < -0.3 is 0 Å². The minimum atomic E-state index is -2.02. The van der Waals surface area contributed by atoms with Crippen LogP contribution in [0, 0.1) is 11.1 Å². The molecule has 0 aromatic heterocycles. The lowest BCUT2D eigenvalue weighted by molar-refractivity contribution is 0.423. The van der Waals surface area contributed by atoms with Crippen molar-refractivity contribution in [2.24, 2.45) is 0 Å². The maximum Gasteiger partial charge on any atom is 0.631 e. The second kappa shape index (κ2) is 2.77. The minimum Gasteiger partial charge on any atom is -0.137 e. The Kier molecular flexibility index (Phi) is 2.56. The SMILES string of the molecule is CO[P+](=O)C#N. The normalized spacial score (nSPS) is 9.67. The number of nitrogens with zero attached hydrogens (tertiary/aromatic N) is 1. The summed E-state index contributed by atoms with van der Waals surface area (Å²) < 4.78 is 13.8. The third-order valence-electron chi connectivity index (χ3n) is 0.247. The molecule has 6 heavy (non-hydrogen) atoms. The molecular weight excluding hydrogens is 101 g/mol. The fraction of sp³-hybridized carbons (Fsp3) is 0.500. The lowest BCUT2D eigenvalue weighted by Gasteiger charge is -1.54. The Hall–Kier alpha value is -0.450. The first-order valence-electron chi connectivity index (χ1n) is 1.22. The zero-order chi connectivity index (χ0) is 4.99. The second-order valence-electron chi connectivity index (χ2n) is 0.540. The van der Waals surface area contributed by atoms with Gasteiger partial charge in [-0.25, -0.2) is 0 Å². The number of hydrogen-bond donors (Lipinski definition) is 0. The van der Waals surface area contributed by atoms with Gasteiger partial charge in [0.2, 0.25) is 0 Å². The van der Waals surface area contributed by atoms with Gasteiger partial charge in [-0.1, -0.05) is 0 Å². The highest BCUT2D eigenvalue weighted by atomic mass is 31.1. The van der Waals surface area contributed by atoms with E-state index in [4.69, 9.17) is 5.26 Å². The van der Waals surface area contributed by atoms with E-state index in [1.165, 1.54) is 12.9 Å². The first kappa shape index (κ1) is 5.55. The van der Waals surface area contributed by atoms with Crippen LogP contribution in [0.4, 0.5) is 0 Å². The molecule has 3 nitrogen and oxygen atoms in total. The molecule has 0 bridgehead atoms. The summed E-state index contributed by atoms with van der Waals surface area (Å²) in [4.78, 5) is 0. The Morgan fingerprint density at radius 1 is 2.00 bits per heavy atom. The largest absolute Gasteiger partial charge is 0.631 e. The Balaban J connectivity index is 3.33. The van der Waals surface area contributed by atoms with E-state index in [1.807, 2.05) is 0 Å². The molecule has 0 saturated heterocycles. The Labute approximate surface area is 36.4 Å². The lowest BCUT2D eigenvalue weighted by Crippen LogP contribution is -1.56. The molecule has 0 aliphatic rings. The van der Waals surface area contributed by atoms with Crippen molar-refractivity contribution in [3.05, 3.63) is 0 Å². The van der Waals surface area contributed by atoms with Crippen LogP contribution in [0.5, 0.6) is 0 Å². The van der Waals surface area contributed by atoms with Crippen molar-refractivity contribution < 1.29 is 9.09 Å². The van der Waals surface area contributed by atoms with Crippen molar-refractivity contribution in [3.63, 3.8) is 0 Å². The van der Waals surface area contributed by atoms with Gasteiger partial charge in [-0.05, 0) is 4.57 Å². The van der Waals surface area contributed by atoms with Crippen molar-refractivity contribution in [2.75, 3.05) is 7.11 Å². The molecule has 0 amide bonds. The van der Waals surface area contributed by atoms with Crippen molar-refractivity contribution in [1.29, 1.82) is 5.26 Å². The zero-order valence-corrected chi connectivity index (χ0v) is 4.11. The number of nitriles is 1. The van der Waals surface area contributed by atoms with E-state index in [1.54, 1.807) is 0 Å². The standard InChI is InChI=1S/C2H3NO2P/c1-5-6(4)2-3/h1H3/q+1. The number of hydrogen-bond acceptors (Lipinski definition) is 3. The quantitative estimate of drug-likeness (QED) is 0.463. The van der Waals surface area contributed by atoms with Gasteiger partial charge in [-0.3, -0.25) is 0 Å². The van der Waals surface area contributed by atoms with E-state index < -0.39 is 8.03 Å². The molecule has 0 heterocycles. The third-order valence-corrected chi connectivity index (χ3v) is 0.742. The maximum absolute atomic E-state index is 9.75. The highest BCUT2D eigenvalue weighted by Gasteiger charge is 2.09. The summed E-state index contributed by atoms with van der Waals surface area (Å²) in [6.07, 6.45) is 0. The molecule has 0 spiro atoms. The van der Waals surface area contributed by atoms with E-state index in [0.29, 0.717) is 0 Å². The second-order valence-corrected chi connectivity index (χ2v) is 1.62. The fourth-order valence-electron chi connectivity index (χ4n) is 0.0408. The van der Waals surface area contributed by atoms with Crippen molar-refractivity contribution in [3.8, 4) is 5.81 Å². The number of rotatable bonds is 1. The average molecular weight is 104 g/mol. The van der Waals surface area contributed by atoms with Crippen LogP contribution in [0.1, 0.15) is 0 Å². The van der Waals surface area contributed by atoms with Gasteiger partial charge in [0.25, 0.3) is 0 Å². The van der Waals surface area contributed by atoms with Crippen LogP contribution < -0.4 is 0 Å². The lowest BCUT2D eigenvalue weighted by atomic mass is 11.8. The van der Waals surface area contributed by atoms with Crippen LogP contribution in [-0.4, -0.2) is 7.11 Å². The summed E-state index contributed by atoms with van der Waals surface area (Å²) in [5.41, 5.74) is 0. The van der Waals surface area contributed by atoms with Crippen molar-refractivity contribution in [1.82, 2.24) is 0 Å². The van der Waals surface area contributed by atoms with Gasteiger partial charge in [0, 0.05) is 0 Å². The van der Waals surface area contributed by atoms with E-state index in [9.17, 15) is 4.57 Å². The smallest absolute Gasteiger partial charge is 0.137 e. The van der Waals surface area contributed by atoms with Crippen molar-refractivity contribution >= 4 is 8.03 Å². The van der Waals surface area contributed by atoms with Gasteiger partial charge in [0.15, 0.2) is 0 Å². The molecule has 1 atom stereocenters. The van der Waals surface area contributed by atoms with Crippen LogP contribution in [0.25, 0.3) is 0 Å². The summed E-state index contributed by atoms with van der Waals surface area (Å²) in [6.45, 7) is 0. The summed E-state index contributed by atoms with van der Waals surface area (Å²) in [7, 11) is -0.796. The first-order valence-corrected chi connectivity index (χ1v) is 2.40. The molecule has 0 aliphatic heterocycles. The summed E-state index contributed by atoms with van der Waals surface area (Å²) in [6, 6.07) is 0. The van der Waals surface area contributed by atoms with E-state index in [-0.39, 0.29) is 0 Å². The van der Waals surface area contributed by atoms with Gasteiger partial charge in [0.05, 0.1) is 7.11 Å². The monoisotopic (exact) mass is 104 g/mol. The van der Waals surface area contributed by atoms with E-state index in [0.717, 1.165) is 0 Å². The Morgan fingerprint density at radius 3 is 2.50 bits per heavy atom. The first-order chi connectivity index (χ1) is 2.81. The molecular formula is C2H3NO2P+. The highest BCUT2D eigenvalue weighted by Crippen LogP contribution is 2.15. The van der Waals surface area contributed by atoms with Crippen LogP contribution in [0.15, 0.2) is 0 Å². The summed E-state index contributed by atoms with van der Waals surface area (Å²) >= 11 is 0. The van der Waals surface area contributed by atoms with Crippen LogP contribution >= 0.6 is 8.03 Å². The van der Waals surface area contributed by atoms with Gasteiger partial charge in [-0.2, -0.15) is 0 Å². The molecule has 0 aromatic rings. The van der Waals surface area contributed by atoms with Gasteiger partial charge in [-0.15, -0.1) is 9.79 Å². The average Bonchev–Trinajstić information content (AvgIpc) is 1.65. The molecule has 0 N–H and O–H groups in total. The van der Waals surface area contributed by atoms with E-state index >= 15 is 0 Å². The maximum atomic E-state index is 9.75. The van der Waals surface area contributed by atoms with E-state index in [2.05, 4.69) is 4.52 Å². The Bertz CT molecular complexity index is 94.2. The summed E-state index contributed by atoms with van der Waals surface area (Å²) in [5.74, 6) is 1.40. The topological polar surface area (TPSA) is 50.1 Å². The zero-order valence-electron chi connectivity index (χ0n) is 3.21.